The van der Waals surface area contributed by atoms with E-state index in [2.05, 4.69) is 16.3 Å². The zero-order valence-corrected chi connectivity index (χ0v) is 9.89. The van der Waals surface area contributed by atoms with E-state index in [1.165, 1.54) is 0 Å². The van der Waals surface area contributed by atoms with Gasteiger partial charge in [0, 0.05) is 32.7 Å². The number of carbonyl (C=O) groups is 1. The molecule has 2 fully saturated rings. The molecule has 17 heavy (non-hydrogen) atoms. The van der Waals surface area contributed by atoms with Crippen molar-refractivity contribution in [3.8, 4) is 6.07 Å². The van der Waals surface area contributed by atoms with E-state index in [1.807, 2.05) is 0 Å². The Morgan fingerprint density at radius 2 is 2.18 bits per heavy atom. The summed E-state index contributed by atoms with van der Waals surface area (Å²) in [5, 5.41) is 12.0. The Labute approximate surface area is 101 Å². The molecule has 0 aromatic rings. The van der Waals surface area contributed by atoms with Crippen LogP contribution in [-0.2, 0) is 9.53 Å². The van der Waals surface area contributed by atoms with Crippen LogP contribution in [-0.4, -0.2) is 74.2 Å². The highest BCUT2D eigenvalue weighted by molar-refractivity contribution is 5.78. The van der Waals surface area contributed by atoms with E-state index in [9.17, 15) is 4.79 Å². The molecule has 1 unspecified atom stereocenters. The van der Waals surface area contributed by atoms with E-state index in [0.29, 0.717) is 26.2 Å². The van der Waals surface area contributed by atoms with Crippen LogP contribution in [0.3, 0.4) is 0 Å². The van der Waals surface area contributed by atoms with Crippen molar-refractivity contribution in [2.75, 3.05) is 52.4 Å². The van der Waals surface area contributed by atoms with Gasteiger partial charge in [0.05, 0.1) is 25.8 Å². The van der Waals surface area contributed by atoms with Gasteiger partial charge >= 0.3 is 0 Å². The van der Waals surface area contributed by atoms with E-state index in [0.717, 1.165) is 26.2 Å². The molecule has 0 aromatic heterocycles. The number of piperazine rings is 1. The van der Waals surface area contributed by atoms with Gasteiger partial charge < -0.3 is 15.0 Å². The van der Waals surface area contributed by atoms with E-state index >= 15 is 0 Å². The number of nitrogens with one attached hydrogen (secondary N) is 1. The summed E-state index contributed by atoms with van der Waals surface area (Å²) in [4.78, 5) is 15.9. The van der Waals surface area contributed by atoms with Gasteiger partial charge in [-0.3, -0.25) is 9.69 Å². The number of amides is 1. The first-order chi connectivity index (χ1) is 8.29. The van der Waals surface area contributed by atoms with Crippen LogP contribution >= 0.6 is 0 Å². The van der Waals surface area contributed by atoms with Crippen LogP contribution in [0.25, 0.3) is 0 Å². The molecular formula is C11H18N4O2. The Balaban J connectivity index is 1.80. The second kappa shape index (κ2) is 5.96. The molecule has 1 N–H and O–H groups in total. The zero-order valence-electron chi connectivity index (χ0n) is 9.89. The van der Waals surface area contributed by atoms with Crippen LogP contribution in [0.2, 0.25) is 0 Å². The second-order valence-corrected chi connectivity index (χ2v) is 4.35. The molecule has 1 atom stereocenters. The number of ether oxygens (including phenoxy) is 1. The van der Waals surface area contributed by atoms with Crippen LogP contribution in [0.15, 0.2) is 0 Å². The second-order valence-electron chi connectivity index (χ2n) is 4.35. The molecule has 2 saturated heterocycles. The quantitative estimate of drug-likeness (QED) is 0.643. The van der Waals surface area contributed by atoms with Crippen LogP contribution in [0.5, 0.6) is 0 Å². The predicted molar refractivity (Wildman–Crippen MR) is 61.2 cm³/mol. The summed E-state index contributed by atoms with van der Waals surface area (Å²) in [5.41, 5.74) is 0. The monoisotopic (exact) mass is 238 g/mol. The fourth-order valence-corrected chi connectivity index (χ4v) is 2.11. The van der Waals surface area contributed by atoms with Gasteiger partial charge in [-0.1, -0.05) is 0 Å². The van der Waals surface area contributed by atoms with Crippen LogP contribution in [0.4, 0.5) is 0 Å². The predicted octanol–water partition coefficient (Wildman–Crippen LogP) is -1.36. The molecule has 0 aromatic carbocycles. The zero-order chi connectivity index (χ0) is 12.1. The van der Waals surface area contributed by atoms with Crippen molar-refractivity contribution < 1.29 is 9.53 Å². The minimum Gasteiger partial charge on any atom is -0.360 e. The molecule has 0 radical (unpaired) electrons. The molecular weight excluding hydrogens is 220 g/mol. The van der Waals surface area contributed by atoms with Gasteiger partial charge in [-0.25, -0.2) is 0 Å². The number of hydrogen-bond donors (Lipinski definition) is 1. The van der Waals surface area contributed by atoms with Crippen molar-refractivity contribution in [2.24, 2.45) is 0 Å². The van der Waals surface area contributed by atoms with Gasteiger partial charge in [-0.2, -0.15) is 5.26 Å². The molecule has 0 saturated carbocycles. The maximum atomic E-state index is 12.0. The lowest BCUT2D eigenvalue weighted by molar-refractivity contribution is -0.138. The Morgan fingerprint density at radius 1 is 1.41 bits per heavy atom. The SMILES string of the molecule is N#CC1CN(C(=O)CN2CCNCC2)CCO1. The molecule has 2 aliphatic rings. The lowest BCUT2D eigenvalue weighted by atomic mass is 10.2. The number of nitriles is 1. The van der Waals surface area contributed by atoms with E-state index in [-0.39, 0.29) is 5.91 Å². The van der Waals surface area contributed by atoms with Crippen molar-refractivity contribution in [3.63, 3.8) is 0 Å². The molecule has 0 aliphatic carbocycles. The van der Waals surface area contributed by atoms with E-state index in [1.54, 1.807) is 4.90 Å². The molecule has 0 bridgehead atoms. The fourth-order valence-electron chi connectivity index (χ4n) is 2.11. The Bertz CT molecular complexity index is 309. The number of carbonyl (C=O) groups excluding carboxylic acids is 1. The summed E-state index contributed by atoms with van der Waals surface area (Å²) in [6.07, 6.45) is -0.462. The molecule has 6 heteroatoms. The van der Waals surface area contributed by atoms with Gasteiger partial charge in [-0.15, -0.1) is 0 Å². The number of rotatable bonds is 2. The van der Waals surface area contributed by atoms with Gasteiger partial charge in [0.1, 0.15) is 0 Å². The summed E-state index contributed by atoms with van der Waals surface area (Å²) in [7, 11) is 0. The number of morpholine rings is 1. The van der Waals surface area contributed by atoms with Crippen molar-refractivity contribution >= 4 is 5.91 Å². The largest absolute Gasteiger partial charge is 0.360 e. The van der Waals surface area contributed by atoms with E-state index in [4.69, 9.17) is 10.00 Å². The average molecular weight is 238 g/mol. The maximum absolute atomic E-state index is 12.0. The minimum atomic E-state index is -0.462. The Morgan fingerprint density at radius 3 is 2.88 bits per heavy atom. The Hall–Kier alpha value is -1.16. The first-order valence-electron chi connectivity index (χ1n) is 6.01. The lowest BCUT2D eigenvalue weighted by Crippen LogP contribution is -2.51. The Kier molecular flexibility index (Phi) is 4.31. The molecule has 1 amide bonds. The molecule has 2 rings (SSSR count). The molecule has 94 valence electrons. The van der Waals surface area contributed by atoms with Gasteiger partial charge in [0.2, 0.25) is 5.91 Å². The topological polar surface area (TPSA) is 68.6 Å². The number of nitrogens with zero attached hydrogens (tertiary/aromatic N) is 3. The third-order valence-electron chi connectivity index (χ3n) is 3.13. The third kappa shape index (κ3) is 3.40. The third-order valence-corrected chi connectivity index (χ3v) is 3.13. The van der Waals surface area contributed by atoms with Gasteiger partial charge in [0.15, 0.2) is 6.10 Å². The molecule has 0 spiro atoms. The number of hydrogen-bond acceptors (Lipinski definition) is 5. The minimum absolute atomic E-state index is 0.107. The van der Waals surface area contributed by atoms with Crippen molar-refractivity contribution in [1.29, 1.82) is 5.26 Å². The van der Waals surface area contributed by atoms with Crippen molar-refractivity contribution in [1.82, 2.24) is 15.1 Å². The standard InChI is InChI=1S/C11H18N4O2/c12-7-10-8-15(5-6-17-10)11(16)9-14-3-1-13-2-4-14/h10,13H,1-6,8-9H2. The van der Waals surface area contributed by atoms with Crippen LogP contribution in [0.1, 0.15) is 0 Å². The summed E-state index contributed by atoms with van der Waals surface area (Å²) >= 11 is 0. The van der Waals surface area contributed by atoms with Crippen molar-refractivity contribution in [3.05, 3.63) is 0 Å². The summed E-state index contributed by atoms with van der Waals surface area (Å²) < 4.78 is 5.22. The first-order valence-corrected chi connectivity index (χ1v) is 6.01. The molecule has 2 aliphatic heterocycles. The highest BCUT2D eigenvalue weighted by atomic mass is 16.5. The highest BCUT2D eigenvalue weighted by Crippen LogP contribution is 2.05. The first kappa shape index (κ1) is 12.3. The van der Waals surface area contributed by atoms with E-state index < -0.39 is 6.10 Å². The smallest absolute Gasteiger partial charge is 0.236 e. The van der Waals surface area contributed by atoms with Crippen LogP contribution in [0, 0.1) is 11.3 Å². The van der Waals surface area contributed by atoms with Gasteiger partial charge in [-0.05, 0) is 0 Å². The fraction of sp³-hybridized carbons (Fsp3) is 0.818. The lowest BCUT2D eigenvalue weighted by Gasteiger charge is -2.33. The maximum Gasteiger partial charge on any atom is 0.236 e. The summed E-state index contributed by atoms with van der Waals surface area (Å²) in [6.45, 7) is 5.64. The highest BCUT2D eigenvalue weighted by Gasteiger charge is 2.25. The van der Waals surface area contributed by atoms with Crippen LogP contribution < -0.4 is 5.32 Å². The summed E-state index contributed by atoms with van der Waals surface area (Å²) in [5.74, 6) is 0.107. The molecule has 6 nitrogen and oxygen atoms in total. The summed E-state index contributed by atoms with van der Waals surface area (Å²) in [6, 6.07) is 2.05. The van der Waals surface area contributed by atoms with Gasteiger partial charge in [0.25, 0.3) is 0 Å². The molecule has 2 heterocycles. The average Bonchev–Trinajstić information content (AvgIpc) is 2.40. The van der Waals surface area contributed by atoms with Crippen molar-refractivity contribution in [2.45, 2.75) is 6.10 Å². The normalized spacial score (nSPS) is 26.5.